The zero-order valence-electron chi connectivity index (χ0n) is 13.9. The summed E-state index contributed by atoms with van der Waals surface area (Å²) in [6, 6.07) is 7.55. The van der Waals surface area contributed by atoms with Gasteiger partial charge < -0.3 is 14.5 Å². The van der Waals surface area contributed by atoms with Crippen molar-refractivity contribution in [1.82, 2.24) is 9.88 Å². The van der Waals surface area contributed by atoms with Crippen LogP contribution in [0.3, 0.4) is 0 Å². The van der Waals surface area contributed by atoms with Crippen molar-refractivity contribution in [2.24, 2.45) is 5.41 Å². The summed E-state index contributed by atoms with van der Waals surface area (Å²) in [4.78, 5) is 20.5. The van der Waals surface area contributed by atoms with Crippen molar-refractivity contribution in [1.29, 1.82) is 5.26 Å². The third-order valence-electron chi connectivity index (χ3n) is 4.32. The van der Waals surface area contributed by atoms with Crippen LogP contribution < -0.4 is 4.90 Å². The molecule has 6 nitrogen and oxygen atoms in total. The molecule has 0 saturated carbocycles. The molecule has 0 unspecified atom stereocenters. The maximum atomic E-state index is 12.2. The van der Waals surface area contributed by atoms with E-state index in [9.17, 15) is 4.79 Å². The van der Waals surface area contributed by atoms with Crippen LogP contribution in [0.15, 0.2) is 18.2 Å². The van der Waals surface area contributed by atoms with Gasteiger partial charge in [-0.05, 0) is 39.3 Å². The van der Waals surface area contributed by atoms with Crippen LogP contribution in [0.25, 0.3) is 0 Å². The van der Waals surface area contributed by atoms with Gasteiger partial charge >= 0.3 is 6.09 Å². The molecule has 6 heteroatoms. The number of amides is 1. The molecule has 2 saturated heterocycles. The molecule has 23 heavy (non-hydrogen) atoms. The third kappa shape index (κ3) is 3.24. The molecule has 1 spiro atoms. The highest BCUT2D eigenvalue weighted by Gasteiger charge is 2.49. The normalized spacial score (nSPS) is 19.4. The second-order valence-corrected chi connectivity index (χ2v) is 7.50. The first kappa shape index (κ1) is 15.6. The molecule has 2 aliphatic rings. The molecule has 0 N–H and O–H groups in total. The van der Waals surface area contributed by atoms with E-state index in [2.05, 4.69) is 16.0 Å². The zero-order valence-corrected chi connectivity index (χ0v) is 13.9. The van der Waals surface area contributed by atoms with Gasteiger partial charge in [0.05, 0.1) is 0 Å². The molecular weight excluding hydrogens is 292 g/mol. The second-order valence-electron chi connectivity index (χ2n) is 7.50. The minimum absolute atomic E-state index is 0.140. The molecule has 0 aliphatic carbocycles. The largest absolute Gasteiger partial charge is 0.444 e. The summed E-state index contributed by atoms with van der Waals surface area (Å²) >= 11 is 0. The maximum absolute atomic E-state index is 12.2. The molecule has 0 atom stereocenters. The van der Waals surface area contributed by atoms with Crippen molar-refractivity contribution < 1.29 is 9.53 Å². The number of anilines is 1. The quantitative estimate of drug-likeness (QED) is 0.796. The highest BCUT2D eigenvalue weighted by atomic mass is 16.6. The standard InChI is InChI=1S/C17H22N4O2/c1-16(2,3)23-15(22)20-8-7-17(10-20)11-21(12-17)14-6-4-5-13(9-18)19-14/h4-6H,7-8,10-12H2,1-3H3. The van der Waals surface area contributed by atoms with Crippen molar-refractivity contribution in [3.63, 3.8) is 0 Å². The van der Waals surface area contributed by atoms with Crippen LogP contribution in [0.4, 0.5) is 10.6 Å². The van der Waals surface area contributed by atoms with Crippen molar-refractivity contribution in [3.8, 4) is 6.07 Å². The zero-order chi connectivity index (χ0) is 16.7. The summed E-state index contributed by atoms with van der Waals surface area (Å²) in [5.41, 5.74) is 0.117. The lowest BCUT2D eigenvalue weighted by Gasteiger charge is -2.48. The molecule has 2 aliphatic heterocycles. The summed E-state index contributed by atoms with van der Waals surface area (Å²) in [6.45, 7) is 8.87. The Morgan fingerprint density at radius 3 is 2.74 bits per heavy atom. The van der Waals surface area contributed by atoms with Gasteiger partial charge in [-0.15, -0.1) is 0 Å². The minimum atomic E-state index is -0.458. The van der Waals surface area contributed by atoms with Crippen molar-refractivity contribution in [2.75, 3.05) is 31.1 Å². The molecule has 1 aromatic rings. The Hall–Kier alpha value is -2.29. The molecule has 3 heterocycles. The molecule has 1 aromatic heterocycles. The minimum Gasteiger partial charge on any atom is -0.444 e. The Morgan fingerprint density at radius 1 is 1.35 bits per heavy atom. The van der Waals surface area contributed by atoms with E-state index in [-0.39, 0.29) is 11.5 Å². The van der Waals surface area contributed by atoms with E-state index in [1.54, 1.807) is 6.07 Å². The van der Waals surface area contributed by atoms with Gasteiger partial charge in [0.1, 0.15) is 23.2 Å². The monoisotopic (exact) mass is 314 g/mol. The van der Waals surface area contributed by atoms with Gasteiger partial charge in [-0.2, -0.15) is 5.26 Å². The number of ether oxygens (including phenoxy) is 1. The van der Waals surface area contributed by atoms with Crippen LogP contribution in [0, 0.1) is 16.7 Å². The lowest BCUT2D eigenvalue weighted by atomic mass is 9.79. The van der Waals surface area contributed by atoms with Crippen molar-refractivity contribution >= 4 is 11.9 Å². The van der Waals surface area contributed by atoms with Gasteiger partial charge in [0, 0.05) is 31.6 Å². The number of rotatable bonds is 1. The molecule has 0 radical (unpaired) electrons. The first-order chi connectivity index (χ1) is 10.8. The predicted molar refractivity (Wildman–Crippen MR) is 86.0 cm³/mol. The Morgan fingerprint density at radius 2 is 2.09 bits per heavy atom. The van der Waals surface area contributed by atoms with Gasteiger partial charge in [-0.3, -0.25) is 0 Å². The summed E-state index contributed by atoms with van der Waals surface area (Å²) in [5, 5.41) is 8.94. The number of likely N-dealkylation sites (tertiary alicyclic amines) is 1. The van der Waals surface area contributed by atoms with Gasteiger partial charge in [-0.25, -0.2) is 9.78 Å². The van der Waals surface area contributed by atoms with Crippen LogP contribution in [0.1, 0.15) is 32.9 Å². The van der Waals surface area contributed by atoms with E-state index in [1.807, 2.05) is 37.8 Å². The molecular formula is C17H22N4O2. The number of carbonyl (C=O) groups excluding carboxylic acids is 1. The van der Waals surface area contributed by atoms with Crippen molar-refractivity contribution in [2.45, 2.75) is 32.8 Å². The number of hydrogen-bond donors (Lipinski definition) is 0. The lowest BCUT2D eigenvalue weighted by Crippen LogP contribution is -2.58. The topological polar surface area (TPSA) is 69.5 Å². The van der Waals surface area contributed by atoms with Crippen LogP contribution in [-0.2, 0) is 4.74 Å². The van der Waals surface area contributed by atoms with E-state index >= 15 is 0 Å². The van der Waals surface area contributed by atoms with Crippen LogP contribution >= 0.6 is 0 Å². The second kappa shape index (κ2) is 5.41. The Balaban J connectivity index is 1.59. The number of pyridine rings is 1. The highest BCUT2D eigenvalue weighted by Crippen LogP contribution is 2.41. The molecule has 0 bridgehead atoms. The van der Waals surface area contributed by atoms with E-state index in [0.717, 1.165) is 38.4 Å². The van der Waals surface area contributed by atoms with Crippen LogP contribution in [0.2, 0.25) is 0 Å². The third-order valence-corrected chi connectivity index (χ3v) is 4.32. The molecule has 122 valence electrons. The average Bonchev–Trinajstić information content (AvgIpc) is 2.89. The number of aromatic nitrogens is 1. The first-order valence-corrected chi connectivity index (χ1v) is 7.90. The van der Waals surface area contributed by atoms with Gasteiger partial charge in [0.25, 0.3) is 0 Å². The first-order valence-electron chi connectivity index (χ1n) is 7.90. The summed E-state index contributed by atoms with van der Waals surface area (Å²) in [5.74, 6) is 0.838. The van der Waals surface area contributed by atoms with Gasteiger partial charge in [0.15, 0.2) is 0 Å². The number of nitriles is 1. The Kier molecular flexibility index (Phi) is 3.67. The number of carbonyl (C=O) groups is 1. The fourth-order valence-electron chi connectivity index (χ4n) is 3.26. The molecule has 0 aromatic carbocycles. The summed E-state index contributed by atoms with van der Waals surface area (Å²) in [6.07, 6.45) is 0.762. The smallest absolute Gasteiger partial charge is 0.410 e. The SMILES string of the molecule is CC(C)(C)OC(=O)N1CCC2(C1)CN(c1cccc(C#N)n1)C2. The van der Waals surface area contributed by atoms with Crippen LogP contribution in [-0.4, -0.2) is 47.8 Å². The van der Waals surface area contributed by atoms with E-state index in [0.29, 0.717) is 5.69 Å². The Labute approximate surface area is 136 Å². The molecule has 2 fully saturated rings. The Bertz CT molecular complexity index is 653. The fraction of sp³-hybridized carbons (Fsp3) is 0.588. The van der Waals surface area contributed by atoms with E-state index < -0.39 is 5.60 Å². The molecule has 3 rings (SSSR count). The molecule has 1 amide bonds. The number of hydrogen-bond acceptors (Lipinski definition) is 5. The van der Waals surface area contributed by atoms with Gasteiger partial charge in [0.2, 0.25) is 0 Å². The maximum Gasteiger partial charge on any atom is 0.410 e. The number of nitrogens with zero attached hydrogens (tertiary/aromatic N) is 4. The van der Waals surface area contributed by atoms with Gasteiger partial charge in [-0.1, -0.05) is 6.07 Å². The van der Waals surface area contributed by atoms with Crippen molar-refractivity contribution in [3.05, 3.63) is 23.9 Å². The highest BCUT2D eigenvalue weighted by molar-refractivity contribution is 5.69. The average molecular weight is 314 g/mol. The summed E-state index contributed by atoms with van der Waals surface area (Å²) in [7, 11) is 0. The van der Waals surface area contributed by atoms with E-state index in [4.69, 9.17) is 10.00 Å². The fourth-order valence-corrected chi connectivity index (χ4v) is 3.26. The van der Waals surface area contributed by atoms with Crippen LogP contribution in [0.5, 0.6) is 0 Å². The predicted octanol–water partition coefficient (Wildman–Crippen LogP) is 2.40. The van der Waals surface area contributed by atoms with E-state index in [1.165, 1.54) is 0 Å². The summed E-state index contributed by atoms with van der Waals surface area (Å²) < 4.78 is 5.45. The lowest BCUT2D eigenvalue weighted by molar-refractivity contribution is 0.0265.